The van der Waals surface area contributed by atoms with Crippen molar-refractivity contribution in [2.24, 2.45) is 0 Å². The average Bonchev–Trinajstić information content (AvgIpc) is 2.45. The summed E-state index contributed by atoms with van der Waals surface area (Å²) in [5, 5.41) is 3.16. The third-order valence-electron chi connectivity index (χ3n) is 2.61. The van der Waals surface area contributed by atoms with E-state index in [0.29, 0.717) is 18.3 Å². The summed E-state index contributed by atoms with van der Waals surface area (Å²) in [7, 11) is 0. The van der Waals surface area contributed by atoms with Crippen LogP contribution in [0.4, 0.5) is 5.82 Å². The van der Waals surface area contributed by atoms with Gasteiger partial charge in [0.25, 0.3) is 0 Å². The molecule has 0 fully saturated rings. The molecule has 1 aromatic carbocycles. The van der Waals surface area contributed by atoms with Gasteiger partial charge < -0.3 is 10.1 Å². The average molecular weight is 269 g/mol. The quantitative estimate of drug-likeness (QED) is 0.874. The minimum absolute atomic E-state index is 0.483. The fourth-order valence-electron chi connectivity index (χ4n) is 1.77. The van der Waals surface area contributed by atoms with Crippen LogP contribution in [0.2, 0.25) is 0 Å². The Morgan fingerprint density at radius 1 is 1.20 bits per heavy atom. The van der Waals surface area contributed by atoms with E-state index < -0.39 is 0 Å². The van der Waals surface area contributed by atoms with E-state index in [1.165, 1.54) is 0 Å². The maximum atomic E-state index is 5.62. The Labute approximate surface area is 119 Å². The fourth-order valence-corrected chi connectivity index (χ4v) is 1.77. The van der Waals surface area contributed by atoms with Crippen LogP contribution in [0.25, 0.3) is 6.08 Å². The molecule has 2 rings (SSSR count). The van der Waals surface area contributed by atoms with Gasteiger partial charge in [-0.05, 0) is 25.5 Å². The zero-order chi connectivity index (χ0) is 14.2. The zero-order valence-electron chi connectivity index (χ0n) is 11.8. The van der Waals surface area contributed by atoms with Gasteiger partial charge in [0.05, 0.1) is 0 Å². The summed E-state index contributed by atoms with van der Waals surface area (Å²) in [6.45, 7) is 5.19. The maximum Gasteiger partial charge on any atom is 0.219 e. The molecule has 0 aliphatic rings. The van der Waals surface area contributed by atoms with Crippen molar-refractivity contribution in [3.05, 3.63) is 53.9 Å². The number of nitrogens with one attached hydrogen (secondary N) is 1. The van der Waals surface area contributed by atoms with Crippen molar-refractivity contribution in [3.8, 4) is 5.88 Å². The molecule has 104 valence electrons. The number of hydrogen-bond acceptors (Lipinski definition) is 4. The first-order chi connectivity index (χ1) is 9.78. The lowest BCUT2D eigenvalue weighted by Gasteiger charge is -2.07. The van der Waals surface area contributed by atoms with Crippen LogP contribution in [0.1, 0.15) is 18.3 Å². The molecular formula is C16H19N3O. The highest BCUT2D eigenvalue weighted by Crippen LogP contribution is 2.13. The van der Waals surface area contributed by atoms with E-state index in [1.54, 1.807) is 0 Å². The molecule has 0 amide bonds. The molecule has 0 spiro atoms. The number of hydrogen-bond donors (Lipinski definition) is 1. The van der Waals surface area contributed by atoms with Crippen LogP contribution < -0.4 is 10.1 Å². The van der Waals surface area contributed by atoms with Gasteiger partial charge in [0.1, 0.15) is 18.2 Å². The molecule has 20 heavy (non-hydrogen) atoms. The summed E-state index contributed by atoms with van der Waals surface area (Å²) in [4.78, 5) is 8.53. The number of aromatic nitrogens is 2. The molecule has 1 aromatic heterocycles. The monoisotopic (exact) mass is 269 g/mol. The largest absolute Gasteiger partial charge is 0.473 e. The van der Waals surface area contributed by atoms with Crippen LogP contribution in [-0.4, -0.2) is 23.1 Å². The van der Waals surface area contributed by atoms with Crippen LogP contribution in [-0.2, 0) is 0 Å². The molecule has 0 saturated carbocycles. The Morgan fingerprint density at radius 2 is 2.00 bits per heavy atom. The molecule has 0 saturated heterocycles. The topological polar surface area (TPSA) is 47.0 Å². The molecule has 0 bridgehead atoms. The van der Waals surface area contributed by atoms with Crippen molar-refractivity contribution in [1.29, 1.82) is 0 Å². The highest BCUT2D eigenvalue weighted by atomic mass is 16.5. The lowest BCUT2D eigenvalue weighted by atomic mass is 10.2. The Morgan fingerprint density at radius 3 is 2.75 bits per heavy atom. The molecule has 4 heteroatoms. The van der Waals surface area contributed by atoms with Crippen molar-refractivity contribution in [2.75, 3.05) is 18.5 Å². The Balaban J connectivity index is 1.92. The summed E-state index contributed by atoms with van der Waals surface area (Å²) in [5.74, 6) is 2.08. The van der Waals surface area contributed by atoms with Gasteiger partial charge in [-0.1, -0.05) is 36.4 Å². The van der Waals surface area contributed by atoms with E-state index in [4.69, 9.17) is 4.74 Å². The van der Waals surface area contributed by atoms with Crippen molar-refractivity contribution in [2.45, 2.75) is 13.8 Å². The summed E-state index contributed by atoms with van der Waals surface area (Å²) in [6, 6.07) is 11.9. The van der Waals surface area contributed by atoms with Crippen LogP contribution >= 0.6 is 0 Å². The molecule has 2 aromatic rings. The first-order valence-corrected chi connectivity index (χ1v) is 6.72. The normalized spacial score (nSPS) is 10.7. The van der Waals surface area contributed by atoms with Gasteiger partial charge >= 0.3 is 0 Å². The van der Waals surface area contributed by atoms with E-state index in [9.17, 15) is 0 Å². The summed E-state index contributed by atoms with van der Waals surface area (Å²) in [5.41, 5.74) is 1.16. The van der Waals surface area contributed by atoms with Gasteiger partial charge in [-0.25, -0.2) is 4.98 Å². The smallest absolute Gasteiger partial charge is 0.219 e. The Bertz CT molecular complexity index is 567. The van der Waals surface area contributed by atoms with Gasteiger partial charge in [0.2, 0.25) is 5.88 Å². The number of ether oxygens (including phenoxy) is 1. The highest BCUT2D eigenvalue weighted by molar-refractivity contribution is 5.48. The van der Waals surface area contributed by atoms with Gasteiger partial charge in [-0.2, -0.15) is 4.98 Å². The van der Waals surface area contributed by atoms with E-state index in [1.807, 2.05) is 50.3 Å². The van der Waals surface area contributed by atoms with Crippen molar-refractivity contribution >= 4 is 11.9 Å². The molecule has 4 nitrogen and oxygen atoms in total. The zero-order valence-corrected chi connectivity index (χ0v) is 11.8. The van der Waals surface area contributed by atoms with Crippen molar-refractivity contribution < 1.29 is 4.74 Å². The van der Waals surface area contributed by atoms with E-state index in [0.717, 1.165) is 17.9 Å². The molecule has 0 atom stereocenters. The first-order valence-electron chi connectivity index (χ1n) is 6.72. The second kappa shape index (κ2) is 7.28. The fraction of sp³-hybridized carbons (Fsp3) is 0.250. The Hall–Kier alpha value is -2.36. The predicted octanol–water partition coefficient (Wildman–Crippen LogP) is 3.31. The summed E-state index contributed by atoms with van der Waals surface area (Å²) >= 11 is 0. The SMILES string of the molecule is CCNc1cc(OC/C=C/c2ccccc2)nc(C)n1. The highest BCUT2D eigenvalue weighted by Gasteiger charge is 2.01. The summed E-state index contributed by atoms with van der Waals surface area (Å²) < 4.78 is 5.62. The molecule has 0 unspecified atom stereocenters. The molecule has 0 aliphatic heterocycles. The standard InChI is InChI=1S/C16H19N3O/c1-3-17-15-12-16(19-13(2)18-15)20-11-7-10-14-8-5-4-6-9-14/h4-10,12H,3,11H2,1-2H3,(H,17,18,19)/b10-7+. The first kappa shape index (κ1) is 14.1. The van der Waals surface area contributed by atoms with E-state index in [2.05, 4.69) is 27.4 Å². The van der Waals surface area contributed by atoms with Gasteiger partial charge in [0.15, 0.2) is 0 Å². The van der Waals surface area contributed by atoms with Crippen LogP contribution in [0.3, 0.4) is 0 Å². The minimum atomic E-state index is 0.483. The second-order valence-corrected chi connectivity index (χ2v) is 4.29. The summed E-state index contributed by atoms with van der Waals surface area (Å²) in [6.07, 6.45) is 4.00. The molecule has 0 aliphatic carbocycles. The van der Waals surface area contributed by atoms with Crippen LogP contribution in [0.15, 0.2) is 42.5 Å². The number of benzene rings is 1. The number of nitrogens with zero attached hydrogens (tertiary/aromatic N) is 2. The van der Waals surface area contributed by atoms with Gasteiger partial charge in [-0.15, -0.1) is 0 Å². The maximum absolute atomic E-state index is 5.62. The molecule has 0 radical (unpaired) electrons. The van der Waals surface area contributed by atoms with Crippen LogP contribution in [0.5, 0.6) is 5.88 Å². The van der Waals surface area contributed by atoms with Crippen LogP contribution in [0, 0.1) is 6.92 Å². The Kier molecular flexibility index (Phi) is 5.12. The van der Waals surface area contributed by atoms with Gasteiger partial charge in [-0.3, -0.25) is 0 Å². The second-order valence-electron chi connectivity index (χ2n) is 4.29. The number of rotatable bonds is 6. The molecule has 1 heterocycles. The predicted molar refractivity (Wildman–Crippen MR) is 81.9 cm³/mol. The minimum Gasteiger partial charge on any atom is -0.473 e. The molecular weight excluding hydrogens is 250 g/mol. The lowest BCUT2D eigenvalue weighted by molar-refractivity contribution is 0.347. The van der Waals surface area contributed by atoms with Crippen molar-refractivity contribution in [3.63, 3.8) is 0 Å². The van der Waals surface area contributed by atoms with Gasteiger partial charge in [0, 0.05) is 12.6 Å². The van der Waals surface area contributed by atoms with E-state index in [-0.39, 0.29) is 0 Å². The van der Waals surface area contributed by atoms with E-state index >= 15 is 0 Å². The third kappa shape index (κ3) is 4.39. The molecule has 1 N–H and O–H groups in total. The third-order valence-corrected chi connectivity index (χ3v) is 2.61. The van der Waals surface area contributed by atoms with Crippen molar-refractivity contribution in [1.82, 2.24) is 9.97 Å². The number of anilines is 1. The lowest BCUT2D eigenvalue weighted by Crippen LogP contribution is -2.04. The number of aryl methyl sites for hydroxylation is 1.